The largest absolute Gasteiger partial charge is 0.396 e. The monoisotopic (exact) mass is 317 g/mol. The van der Waals surface area contributed by atoms with Crippen LogP contribution >= 0.6 is 0 Å². The fraction of sp³-hybridized carbons (Fsp3) is 0.562. The Hall–Kier alpha value is -1.99. The molecule has 2 N–H and O–H groups in total. The summed E-state index contributed by atoms with van der Waals surface area (Å²) in [5, 5.41) is 16.8. The van der Waals surface area contributed by atoms with E-state index in [0.29, 0.717) is 17.8 Å². The van der Waals surface area contributed by atoms with E-state index in [1.165, 1.54) is 0 Å². The van der Waals surface area contributed by atoms with Gasteiger partial charge in [0.15, 0.2) is 5.82 Å². The van der Waals surface area contributed by atoms with Gasteiger partial charge in [0.2, 0.25) is 0 Å². The zero-order valence-electron chi connectivity index (χ0n) is 13.8. The zero-order valence-corrected chi connectivity index (χ0v) is 13.8. The molecule has 2 aromatic rings. The Morgan fingerprint density at radius 3 is 2.91 bits per heavy atom. The quantitative estimate of drug-likeness (QED) is 0.874. The summed E-state index contributed by atoms with van der Waals surface area (Å²) in [5.41, 5.74) is 1.90. The average molecular weight is 317 g/mol. The van der Waals surface area contributed by atoms with Crippen LogP contribution in [0, 0.1) is 19.8 Å². The van der Waals surface area contributed by atoms with E-state index in [-0.39, 0.29) is 12.5 Å². The van der Waals surface area contributed by atoms with Crippen LogP contribution in [0.4, 0.5) is 5.82 Å². The van der Waals surface area contributed by atoms with Crippen molar-refractivity contribution in [2.75, 3.05) is 31.6 Å². The van der Waals surface area contributed by atoms with Gasteiger partial charge in [0, 0.05) is 37.9 Å². The van der Waals surface area contributed by atoms with Gasteiger partial charge in [-0.3, -0.25) is 0 Å². The van der Waals surface area contributed by atoms with Gasteiger partial charge in [0.25, 0.3) is 5.89 Å². The number of aromatic nitrogens is 3. The number of aliphatic hydroxyl groups is 1. The fourth-order valence-corrected chi connectivity index (χ4v) is 3.17. The van der Waals surface area contributed by atoms with E-state index >= 15 is 0 Å². The lowest BCUT2D eigenvalue weighted by molar-refractivity contribution is 0.178. The highest BCUT2D eigenvalue weighted by molar-refractivity contribution is 5.70. The summed E-state index contributed by atoms with van der Waals surface area (Å²) in [4.78, 5) is 11.1. The predicted octanol–water partition coefficient (Wildman–Crippen LogP) is 1.16. The highest BCUT2D eigenvalue weighted by atomic mass is 16.5. The highest BCUT2D eigenvalue weighted by Crippen LogP contribution is 2.31. The van der Waals surface area contributed by atoms with Crippen molar-refractivity contribution in [3.05, 3.63) is 23.7 Å². The lowest BCUT2D eigenvalue weighted by Gasteiger charge is -2.38. The van der Waals surface area contributed by atoms with Crippen LogP contribution in [0.5, 0.6) is 0 Å². The molecule has 0 saturated carbocycles. The van der Waals surface area contributed by atoms with Gasteiger partial charge in [-0.15, -0.1) is 0 Å². The molecule has 0 aromatic carbocycles. The Kier molecular flexibility index (Phi) is 4.58. The number of nitrogens with zero attached hydrogens (tertiary/aromatic N) is 4. The highest BCUT2D eigenvalue weighted by Gasteiger charge is 2.30. The minimum absolute atomic E-state index is 0.156. The summed E-state index contributed by atoms with van der Waals surface area (Å²) in [5.74, 6) is 2.11. The zero-order chi connectivity index (χ0) is 16.4. The molecule has 2 unspecified atom stereocenters. The van der Waals surface area contributed by atoms with E-state index in [2.05, 4.69) is 25.3 Å². The Labute approximate surface area is 135 Å². The number of rotatable bonds is 4. The predicted molar refractivity (Wildman–Crippen MR) is 87.3 cm³/mol. The molecule has 0 amide bonds. The van der Waals surface area contributed by atoms with Crippen molar-refractivity contribution < 1.29 is 9.63 Å². The second kappa shape index (κ2) is 6.64. The van der Waals surface area contributed by atoms with Crippen LogP contribution in [-0.2, 0) is 0 Å². The summed E-state index contributed by atoms with van der Waals surface area (Å²) in [6.07, 6.45) is 2.81. The number of nitrogens with one attached hydrogen (secondary N) is 1. The molecule has 23 heavy (non-hydrogen) atoms. The lowest BCUT2D eigenvalue weighted by atomic mass is 9.92. The first-order chi connectivity index (χ1) is 11.1. The maximum atomic E-state index is 9.66. The van der Waals surface area contributed by atoms with Crippen LogP contribution in [0.1, 0.15) is 17.8 Å². The van der Waals surface area contributed by atoms with Gasteiger partial charge in [-0.05, 0) is 38.9 Å². The molecular formula is C16H23N5O2. The smallest absolute Gasteiger partial charge is 0.261 e. The van der Waals surface area contributed by atoms with Gasteiger partial charge in [-0.25, -0.2) is 4.98 Å². The number of aryl methyl sites for hydroxylation is 2. The van der Waals surface area contributed by atoms with Crippen LogP contribution in [-0.4, -0.2) is 53.0 Å². The van der Waals surface area contributed by atoms with Crippen LogP contribution < -0.4 is 10.2 Å². The molecule has 3 heterocycles. The molecule has 0 spiro atoms. The standard InChI is InChI=1S/C16H23N5O2/c1-10-6-13(16-19-11(2)20-23-16)15(18-7-10)21-5-4-14(17-3)12(8-21)9-22/h6-7,12,14,17,22H,4-5,8-9H2,1-3H3. The number of pyridine rings is 1. The van der Waals surface area contributed by atoms with Crippen molar-refractivity contribution in [3.63, 3.8) is 0 Å². The maximum Gasteiger partial charge on any atom is 0.261 e. The van der Waals surface area contributed by atoms with E-state index < -0.39 is 0 Å². The van der Waals surface area contributed by atoms with Crippen molar-refractivity contribution in [3.8, 4) is 11.5 Å². The number of hydrogen-bond donors (Lipinski definition) is 2. The molecule has 3 rings (SSSR count). The third-order valence-corrected chi connectivity index (χ3v) is 4.40. The first-order valence-electron chi connectivity index (χ1n) is 7.92. The summed E-state index contributed by atoms with van der Waals surface area (Å²) in [6.45, 7) is 5.57. The van der Waals surface area contributed by atoms with Crippen molar-refractivity contribution in [2.24, 2.45) is 5.92 Å². The number of hydrogen-bond acceptors (Lipinski definition) is 7. The molecular weight excluding hydrogens is 294 g/mol. The van der Waals surface area contributed by atoms with E-state index in [4.69, 9.17) is 4.52 Å². The first-order valence-corrected chi connectivity index (χ1v) is 7.92. The Morgan fingerprint density at radius 2 is 2.26 bits per heavy atom. The summed E-state index contributed by atoms with van der Waals surface area (Å²) >= 11 is 0. The lowest BCUT2D eigenvalue weighted by Crippen LogP contribution is -2.50. The van der Waals surface area contributed by atoms with Crippen LogP contribution in [0.15, 0.2) is 16.8 Å². The molecule has 1 aliphatic rings. The maximum absolute atomic E-state index is 9.66. The number of piperidine rings is 1. The fourth-order valence-electron chi connectivity index (χ4n) is 3.17. The molecule has 2 aromatic heterocycles. The van der Waals surface area contributed by atoms with Gasteiger partial charge in [-0.1, -0.05) is 5.16 Å². The van der Waals surface area contributed by atoms with Crippen LogP contribution in [0.3, 0.4) is 0 Å². The van der Waals surface area contributed by atoms with E-state index in [1.54, 1.807) is 6.92 Å². The average Bonchev–Trinajstić information content (AvgIpc) is 3.00. The topological polar surface area (TPSA) is 87.3 Å². The van der Waals surface area contributed by atoms with Crippen molar-refractivity contribution in [1.29, 1.82) is 0 Å². The molecule has 7 nitrogen and oxygen atoms in total. The van der Waals surface area contributed by atoms with Crippen molar-refractivity contribution in [2.45, 2.75) is 26.3 Å². The van der Waals surface area contributed by atoms with E-state index in [0.717, 1.165) is 36.5 Å². The Morgan fingerprint density at radius 1 is 1.43 bits per heavy atom. The summed E-state index contributed by atoms with van der Waals surface area (Å²) in [7, 11) is 1.94. The van der Waals surface area contributed by atoms with Crippen LogP contribution in [0.25, 0.3) is 11.5 Å². The molecule has 7 heteroatoms. The third-order valence-electron chi connectivity index (χ3n) is 4.40. The van der Waals surface area contributed by atoms with E-state index in [9.17, 15) is 5.11 Å². The Bertz CT molecular complexity index is 672. The summed E-state index contributed by atoms with van der Waals surface area (Å²) < 4.78 is 5.34. The molecule has 1 saturated heterocycles. The molecule has 1 fully saturated rings. The molecule has 0 bridgehead atoms. The molecule has 1 aliphatic heterocycles. The molecule has 2 atom stereocenters. The second-order valence-corrected chi connectivity index (χ2v) is 6.10. The SMILES string of the molecule is CNC1CCN(c2ncc(C)cc2-c2nc(C)no2)CC1CO. The van der Waals surface area contributed by atoms with Crippen molar-refractivity contribution in [1.82, 2.24) is 20.4 Å². The Balaban J connectivity index is 1.94. The van der Waals surface area contributed by atoms with E-state index in [1.807, 2.05) is 26.2 Å². The first kappa shape index (κ1) is 15.9. The minimum atomic E-state index is 0.156. The second-order valence-electron chi connectivity index (χ2n) is 6.10. The van der Waals surface area contributed by atoms with Gasteiger partial charge in [0.05, 0.1) is 5.56 Å². The molecule has 0 aliphatic carbocycles. The van der Waals surface area contributed by atoms with Gasteiger partial charge < -0.3 is 19.8 Å². The third kappa shape index (κ3) is 3.20. The number of anilines is 1. The number of aliphatic hydroxyl groups excluding tert-OH is 1. The minimum Gasteiger partial charge on any atom is -0.396 e. The van der Waals surface area contributed by atoms with Crippen molar-refractivity contribution >= 4 is 5.82 Å². The van der Waals surface area contributed by atoms with Crippen LogP contribution in [0.2, 0.25) is 0 Å². The summed E-state index contributed by atoms with van der Waals surface area (Å²) in [6, 6.07) is 2.35. The van der Waals surface area contributed by atoms with Gasteiger partial charge in [-0.2, -0.15) is 4.98 Å². The molecule has 0 radical (unpaired) electrons. The van der Waals surface area contributed by atoms with Gasteiger partial charge in [0.1, 0.15) is 5.82 Å². The van der Waals surface area contributed by atoms with Gasteiger partial charge >= 0.3 is 0 Å². The molecule has 124 valence electrons. The normalized spacial score (nSPS) is 21.7.